The molecule has 2 amide bonds. The molecule has 6 nitrogen and oxygen atoms in total. The standard InChI is InChI=1S/C14H26N4O2/c1-6-18-11(3)12(10(2)17-18)16-13(20)15-9-14(4,5)7-8-19/h19H,6-9H2,1-5H3,(H2,15,16,20). The predicted molar refractivity (Wildman–Crippen MR) is 79.9 cm³/mol. The third-order valence-corrected chi connectivity index (χ3v) is 3.44. The highest BCUT2D eigenvalue weighted by Gasteiger charge is 2.19. The summed E-state index contributed by atoms with van der Waals surface area (Å²) in [4.78, 5) is 11.9. The molecule has 1 aromatic rings. The number of nitrogens with one attached hydrogen (secondary N) is 2. The van der Waals surface area contributed by atoms with Crippen LogP contribution in [0.5, 0.6) is 0 Å². The molecule has 20 heavy (non-hydrogen) atoms. The Morgan fingerprint density at radius 3 is 2.55 bits per heavy atom. The number of amides is 2. The number of anilines is 1. The van der Waals surface area contributed by atoms with Gasteiger partial charge in [0.2, 0.25) is 0 Å². The van der Waals surface area contributed by atoms with Crippen molar-refractivity contribution < 1.29 is 9.90 Å². The van der Waals surface area contributed by atoms with Crippen LogP contribution in [0.3, 0.4) is 0 Å². The van der Waals surface area contributed by atoms with Gasteiger partial charge in [-0.25, -0.2) is 4.79 Å². The van der Waals surface area contributed by atoms with Gasteiger partial charge >= 0.3 is 6.03 Å². The molecule has 3 N–H and O–H groups in total. The lowest BCUT2D eigenvalue weighted by atomic mass is 9.90. The van der Waals surface area contributed by atoms with Gasteiger partial charge in [-0.05, 0) is 32.6 Å². The van der Waals surface area contributed by atoms with E-state index in [9.17, 15) is 4.79 Å². The summed E-state index contributed by atoms with van der Waals surface area (Å²) in [6, 6.07) is -0.238. The summed E-state index contributed by atoms with van der Waals surface area (Å²) in [5.74, 6) is 0. The number of hydrogen-bond donors (Lipinski definition) is 3. The van der Waals surface area contributed by atoms with Crippen molar-refractivity contribution in [2.24, 2.45) is 5.41 Å². The van der Waals surface area contributed by atoms with Crippen molar-refractivity contribution in [3.8, 4) is 0 Å². The van der Waals surface area contributed by atoms with Gasteiger partial charge in [-0.15, -0.1) is 0 Å². The Morgan fingerprint density at radius 2 is 2.05 bits per heavy atom. The SMILES string of the molecule is CCn1nc(C)c(NC(=O)NCC(C)(C)CCO)c1C. The van der Waals surface area contributed by atoms with Gasteiger partial charge in [0.15, 0.2) is 0 Å². The average molecular weight is 282 g/mol. The Labute approximate surface area is 120 Å². The average Bonchev–Trinajstić information content (AvgIpc) is 2.64. The van der Waals surface area contributed by atoms with Gasteiger partial charge in [0.05, 0.1) is 17.1 Å². The van der Waals surface area contributed by atoms with Crippen molar-refractivity contribution in [1.29, 1.82) is 0 Å². The van der Waals surface area contributed by atoms with Gasteiger partial charge < -0.3 is 15.7 Å². The highest BCUT2D eigenvalue weighted by atomic mass is 16.3. The van der Waals surface area contributed by atoms with Gasteiger partial charge in [-0.1, -0.05) is 13.8 Å². The molecule has 0 saturated carbocycles. The van der Waals surface area contributed by atoms with E-state index in [-0.39, 0.29) is 18.1 Å². The van der Waals surface area contributed by atoms with Crippen LogP contribution in [0.15, 0.2) is 0 Å². The van der Waals surface area contributed by atoms with Crippen molar-refractivity contribution in [2.75, 3.05) is 18.5 Å². The second-order valence-electron chi connectivity index (χ2n) is 5.81. The maximum atomic E-state index is 11.9. The first kappa shape index (κ1) is 16.5. The largest absolute Gasteiger partial charge is 0.396 e. The molecule has 0 aliphatic carbocycles. The van der Waals surface area contributed by atoms with Gasteiger partial charge in [-0.3, -0.25) is 4.68 Å². The number of aliphatic hydroxyl groups is 1. The summed E-state index contributed by atoms with van der Waals surface area (Å²) in [5.41, 5.74) is 2.41. The second-order valence-corrected chi connectivity index (χ2v) is 5.81. The molecule has 114 valence electrons. The highest BCUT2D eigenvalue weighted by molar-refractivity contribution is 5.90. The van der Waals surface area contributed by atoms with Crippen molar-refractivity contribution in [3.05, 3.63) is 11.4 Å². The minimum Gasteiger partial charge on any atom is -0.396 e. The van der Waals surface area contributed by atoms with E-state index >= 15 is 0 Å². The second kappa shape index (κ2) is 6.74. The van der Waals surface area contributed by atoms with Crippen LogP contribution in [0, 0.1) is 19.3 Å². The fourth-order valence-corrected chi connectivity index (χ4v) is 2.05. The molecule has 0 atom stereocenters. The Kier molecular flexibility index (Phi) is 5.56. The van der Waals surface area contributed by atoms with Gasteiger partial charge in [0.1, 0.15) is 0 Å². The van der Waals surface area contributed by atoms with Crippen LogP contribution in [0.4, 0.5) is 10.5 Å². The zero-order valence-electron chi connectivity index (χ0n) is 13.1. The van der Waals surface area contributed by atoms with Crippen LogP contribution in [-0.2, 0) is 6.54 Å². The lowest BCUT2D eigenvalue weighted by Gasteiger charge is -2.23. The van der Waals surface area contributed by atoms with Crippen molar-refractivity contribution in [2.45, 2.75) is 47.6 Å². The molecule has 0 aliphatic heterocycles. The summed E-state index contributed by atoms with van der Waals surface area (Å²) >= 11 is 0. The molecule has 0 aromatic carbocycles. The van der Waals surface area contributed by atoms with Crippen LogP contribution in [-0.4, -0.2) is 34.1 Å². The first-order chi connectivity index (χ1) is 9.30. The first-order valence-electron chi connectivity index (χ1n) is 7.00. The topological polar surface area (TPSA) is 79.2 Å². The van der Waals surface area contributed by atoms with Crippen LogP contribution in [0.2, 0.25) is 0 Å². The van der Waals surface area contributed by atoms with Crippen molar-refractivity contribution in [1.82, 2.24) is 15.1 Å². The highest BCUT2D eigenvalue weighted by Crippen LogP contribution is 2.20. The molecule has 0 saturated heterocycles. The van der Waals surface area contributed by atoms with Crippen LogP contribution >= 0.6 is 0 Å². The maximum absolute atomic E-state index is 11.9. The lowest BCUT2D eigenvalue weighted by Crippen LogP contribution is -2.37. The summed E-state index contributed by atoms with van der Waals surface area (Å²) < 4.78 is 1.86. The molecular formula is C14H26N4O2. The van der Waals surface area contributed by atoms with E-state index in [1.807, 2.05) is 39.3 Å². The Bertz CT molecular complexity index is 466. The third-order valence-electron chi connectivity index (χ3n) is 3.44. The van der Waals surface area contributed by atoms with Crippen LogP contribution in [0.1, 0.15) is 38.6 Å². The zero-order valence-corrected chi connectivity index (χ0v) is 13.1. The van der Waals surface area contributed by atoms with E-state index in [0.717, 1.165) is 23.6 Å². The molecule has 1 rings (SSSR count). The number of nitrogens with zero attached hydrogens (tertiary/aromatic N) is 2. The van der Waals surface area contributed by atoms with E-state index < -0.39 is 0 Å². The molecular weight excluding hydrogens is 256 g/mol. The van der Waals surface area contributed by atoms with Crippen LogP contribution in [0.25, 0.3) is 0 Å². The minimum atomic E-state index is -0.238. The van der Waals surface area contributed by atoms with Gasteiger partial charge in [-0.2, -0.15) is 5.10 Å². The summed E-state index contributed by atoms with van der Waals surface area (Å²) in [7, 11) is 0. The minimum absolute atomic E-state index is 0.121. The zero-order chi connectivity index (χ0) is 15.3. The monoisotopic (exact) mass is 282 g/mol. The number of carbonyl (C=O) groups is 1. The van der Waals surface area contributed by atoms with Crippen LogP contribution < -0.4 is 10.6 Å². The number of aromatic nitrogens is 2. The van der Waals surface area contributed by atoms with Gasteiger partial charge in [0, 0.05) is 19.7 Å². The lowest BCUT2D eigenvalue weighted by molar-refractivity contribution is 0.204. The first-order valence-corrected chi connectivity index (χ1v) is 7.00. The van der Waals surface area contributed by atoms with E-state index in [1.54, 1.807) is 0 Å². The fourth-order valence-electron chi connectivity index (χ4n) is 2.05. The smallest absolute Gasteiger partial charge is 0.319 e. The van der Waals surface area contributed by atoms with E-state index in [4.69, 9.17) is 5.11 Å². The molecule has 1 aromatic heterocycles. The normalized spacial score (nSPS) is 11.5. The molecule has 0 bridgehead atoms. The van der Waals surface area contributed by atoms with E-state index in [1.165, 1.54) is 0 Å². The summed E-state index contributed by atoms with van der Waals surface area (Å²) in [5, 5.41) is 19.0. The fraction of sp³-hybridized carbons (Fsp3) is 0.714. The quantitative estimate of drug-likeness (QED) is 0.747. The molecule has 0 fully saturated rings. The molecule has 1 heterocycles. The van der Waals surface area contributed by atoms with Crippen molar-refractivity contribution in [3.63, 3.8) is 0 Å². The number of rotatable bonds is 6. The third kappa shape index (κ3) is 4.23. The Hall–Kier alpha value is -1.56. The Balaban J connectivity index is 2.61. The van der Waals surface area contributed by atoms with Gasteiger partial charge in [0.25, 0.3) is 0 Å². The maximum Gasteiger partial charge on any atom is 0.319 e. The molecule has 0 spiro atoms. The van der Waals surface area contributed by atoms with Crippen molar-refractivity contribution >= 4 is 11.7 Å². The summed E-state index contributed by atoms with van der Waals surface area (Å²) in [6.45, 7) is 11.3. The number of urea groups is 1. The molecule has 0 radical (unpaired) electrons. The van der Waals surface area contributed by atoms with E-state index in [0.29, 0.717) is 13.0 Å². The number of carbonyl (C=O) groups excluding carboxylic acids is 1. The summed E-state index contributed by atoms with van der Waals surface area (Å²) in [6.07, 6.45) is 0.652. The number of hydrogen-bond acceptors (Lipinski definition) is 3. The molecule has 6 heteroatoms. The van der Waals surface area contributed by atoms with E-state index in [2.05, 4.69) is 15.7 Å². The Morgan fingerprint density at radius 1 is 1.40 bits per heavy atom. The molecule has 0 aliphatic rings. The predicted octanol–water partition coefficient (Wildman–Crippen LogP) is 2.05. The number of aliphatic hydroxyl groups excluding tert-OH is 1. The molecule has 0 unspecified atom stereocenters. The number of aryl methyl sites for hydroxylation is 2.